The zero-order valence-corrected chi connectivity index (χ0v) is 8.87. The monoisotopic (exact) mass is 188 g/mol. The summed E-state index contributed by atoms with van der Waals surface area (Å²) in [6, 6.07) is 0.0440. The van der Waals surface area contributed by atoms with Crippen LogP contribution >= 0.6 is 0 Å². The highest BCUT2D eigenvalue weighted by molar-refractivity contribution is 5.72. The molecule has 0 aromatic heterocycles. The number of rotatable bonds is 6. The van der Waals surface area contributed by atoms with Crippen molar-refractivity contribution in [1.29, 1.82) is 0 Å². The average molecular weight is 188 g/mol. The summed E-state index contributed by atoms with van der Waals surface area (Å²) in [5.74, 6) is -0.799. The lowest BCUT2D eigenvalue weighted by Crippen LogP contribution is -2.40. The van der Waals surface area contributed by atoms with E-state index in [9.17, 15) is 4.79 Å². The van der Waals surface area contributed by atoms with Gasteiger partial charge >= 0.3 is 5.97 Å². The van der Waals surface area contributed by atoms with Crippen LogP contribution in [-0.4, -0.2) is 48.2 Å². The van der Waals surface area contributed by atoms with E-state index in [-0.39, 0.29) is 0 Å². The molecule has 0 amide bonds. The van der Waals surface area contributed by atoms with E-state index in [1.165, 1.54) is 0 Å². The topological polar surface area (TPSA) is 52.6 Å². The number of nitrogens with zero attached hydrogens (tertiary/aromatic N) is 1. The Morgan fingerprint density at radius 3 is 2.38 bits per heavy atom. The highest BCUT2D eigenvalue weighted by Crippen LogP contribution is 1.91. The lowest BCUT2D eigenvalue weighted by molar-refractivity contribution is -0.139. The van der Waals surface area contributed by atoms with Crippen molar-refractivity contribution in [2.45, 2.75) is 32.9 Å². The zero-order chi connectivity index (χ0) is 10.4. The largest absolute Gasteiger partial charge is 0.480 e. The van der Waals surface area contributed by atoms with Gasteiger partial charge in [0, 0.05) is 19.1 Å². The van der Waals surface area contributed by atoms with Gasteiger partial charge in [-0.2, -0.15) is 0 Å². The van der Waals surface area contributed by atoms with Crippen LogP contribution in [0.15, 0.2) is 0 Å². The summed E-state index contributed by atoms with van der Waals surface area (Å²) < 4.78 is 0. The number of carbonyl (C=O) groups is 1. The second-order valence-electron chi connectivity index (χ2n) is 3.59. The fourth-order valence-corrected chi connectivity index (χ4v) is 0.803. The molecule has 0 heterocycles. The summed E-state index contributed by atoms with van der Waals surface area (Å²) in [5.41, 5.74) is 0. The molecule has 0 saturated carbocycles. The fourth-order valence-electron chi connectivity index (χ4n) is 0.803. The summed E-state index contributed by atoms with van der Waals surface area (Å²) in [6.45, 7) is 7.45. The molecule has 0 aliphatic carbocycles. The van der Waals surface area contributed by atoms with Crippen LogP contribution in [0.3, 0.4) is 0 Å². The summed E-state index contributed by atoms with van der Waals surface area (Å²) in [7, 11) is 2.03. The molecule has 4 heteroatoms. The first-order valence-corrected chi connectivity index (χ1v) is 4.61. The molecule has 0 aliphatic rings. The van der Waals surface area contributed by atoms with Crippen LogP contribution in [0.2, 0.25) is 0 Å². The molecule has 13 heavy (non-hydrogen) atoms. The van der Waals surface area contributed by atoms with E-state index in [1.54, 1.807) is 6.92 Å². The molecule has 0 fully saturated rings. The third-order valence-electron chi connectivity index (χ3n) is 2.17. The third-order valence-corrected chi connectivity index (χ3v) is 2.17. The van der Waals surface area contributed by atoms with E-state index in [0.717, 1.165) is 6.54 Å². The van der Waals surface area contributed by atoms with Gasteiger partial charge in [0.1, 0.15) is 6.04 Å². The second kappa shape index (κ2) is 5.94. The number of carboxylic acid groups (broad SMARTS) is 1. The first-order valence-electron chi connectivity index (χ1n) is 4.61. The van der Waals surface area contributed by atoms with Crippen LogP contribution in [0, 0.1) is 0 Å². The third kappa shape index (κ3) is 5.60. The first-order chi connectivity index (χ1) is 5.95. The standard InChI is InChI=1S/C9H20N2O2/c1-7(2)11(4)6-5-10-8(3)9(12)13/h7-8,10H,5-6H2,1-4H3,(H,12,13). The second-order valence-corrected chi connectivity index (χ2v) is 3.59. The van der Waals surface area contributed by atoms with Gasteiger partial charge in [-0.25, -0.2) is 0 Å². The number of hydrogen-bond donors (Lipinski definition) is 2. The van der Waals surface area contributed by atoms with Crippen LogP contribution in [-0.2, 0) is 4.79 Å². The Morgan fingerprint density at radius 2 is 2.00 bits per heavy atom. The maximum atomic E-state index is 10.4. The lowest BCUT2D eigenvalue weighted by atomic mass is 10.3. The molecule has 0 aromatic carbocycles. The predicted molar refractivity (Wildman–Crippen MR) is 52.9 cm³/mol. The zero-order valence-electron chi connectivity index (χ0n) is 8.87. The van der Waals surface area contributed by atoms with Crippen LogP contribution in [0.4, 0.5) is 0 Å². The molecule has 0 rings (SSSR count). The summed E-state index contributed by atoms with van der Waals surface area (Å²) >= 11 is 0. The molecule has 0 saturated heterocycles. The highest BCUT2D eigenvalue weighted by atomic mass is 16.4. The van der Waals surface area contributed by atoms with Crippen molar-refractivity contribution in [2.75, 3.05) is 20.1 Å². The Balaban J connectivity index is 3.50. The van der Waals surface area contributed by atoms with Crippen molar-refractivity contribution in [2.24, 2.45) is 0 Å². The van der Waals surface area contributed by atoms with Gasteiger partial charge in [0.05, 0.1) is 0 Å². The summed E-state index contributed by atoms with van der Waals surface area (Å²) in [6.07, 6.45) is 0. The van der Waals surface area contributed by atoms with Crippen LogP contribution < -0.4 is 5.32 Å². The number of aliphatic carboxylic acids is 1. The van der Waals surface area contributed by atoms with Gasteiger partial charge in [0.2, 0.25) is 0 Å². The van der Waals surface area contributed by atoms with Crippen LogP contribution in [0.25, 0.3) is 0 Å². The molecule has 0 radical (unpaired) electrons. The highest BCUT2D eigenvalue weighted by Gasteiger charge is 2.09. The molecule has 78 valence electrons. The van der Waals surface area contributed by atoms with E-state index in [0.29, 0.717) is 12.6 Å². The van der Waals surface area contributed by atoms with Gasteiger partial charge in [-0.15, -0.1) is 0 Å². The van der Waals surface area contributed by atoms with Gasteiger partial charge in [0.15, 0.2) is 0 Å². The molecular weight excluding hydrogens is 168 g/mol. The Bertz CT molecular complexity index is 160. The Kier molecular flexibility index (Phi) is 5.66. The average Bonchev–Trinajstić information content (AvgIpc) is 2.03. The number of likely N-dealkylation sites (N-methyl/N-ethyl adjacent to an activating group) is 1. The minimum absolute atomic E-state index is 0.458. The van der Waals surface area contributed by atoms with Crippen molar-refractivity contribution >= 4 is 5.97 Å². The van der Waals surface area contributed by atoms with Crippen molar-refractivity contribution in [3.8, 4) is 0 Å². The Morgan fingerprint density at radius 1 is 1.46 bits per heavy atom. The molecule has 1 atom stereocenters. The van der Waals surface area contributed by atoms with Crippen LogP contribution in [0.1, 0.15) is 20.8 Å². The first kappa shape index (κ1) is 12.4. The maximum absolute atomic E-state index is 10.4. The van der Waals surface area contributed by atoms with Crippen molar-refractivity contribution in [3.63, 3.8) is 0 Å². The Labute approximate surface area is 79.9 Å². The SMILES string of the molecule is CC(NCCN(C)C(C)C)C(=O)O. The van der Waals surface area contributed by atoms with Gasteiger partial charge in [-0.1, -0.05) is 0 Å². The maximum Gasteiger partial charge on any atom is 0.320 e. The molecule has 4 nitrogen and oxygen atoms in total. The quantitative estimate of drug-likeness (QED) is 0.633. The number of carboxylic acids is 1. The molecular formula is C9H20N2O2. The van der Waals surface area contributed by atoms with Crippen molar-refractivity contribution in [1.82, 2.24) is 10.2 Å². The van der Waals surface area contributed by atoms with E-state index in [1.807, 2.05) is 7.05 Å². The molecule has 0 aromatic rings. The van der Waals surface area contributed by atoms with Crippen molar-refractivity contribution in [3.05, 3.63) is 0 Å². The minimum atomic E-state index is -0.799. The van der Waals surface area contributed by atoms with E-state index in [4.69, 9.17) is 5.11 Å². The fraction of sp³-hybridized carbons (Fsp3) is 0.889. The van der Waals surface area contributed by atoms with Crippen molar-refractivity contribution < 1.29 is 9.90 Å². The summed E-state index contributed by atoms with van der Waals surface area (Å²) in [4.78, 5) is 12.6. The Hall–Kier alpha value is -0.610. The molecule has 1 unspecified atom stereocenters. The van der Waals surface area contributed by atoms with E-state index < -0.39 is 12.0 Å². The molecule has 0 bridgehead atoms. The smallest absolute Gasteiger partial charge is 0.320 e. The van der Waals surface area contributed by atoms with Gasteiger partial charge in [0.25, 0.3) is 0 Å². The molecule has 0 aliphatic heterocycles. The number of nitrogens with one attached hydrogen (secondary N) is 1. The van der Waals surface area contributed by atoms with Gasteiger partial charge in [-0.05, 0) is 27.8 Å². The van der Waals surface area contributed by atoms with E-state index in [2.05, 4.69) is 24.1 Å². The lowest BCUT2D eigenvalue weighted by Gasteiger charge is -2.21. The van der Waals surface area contributed by atoms with Gasteiger partial charge < -0.3 is 15.3 Å². The van der Waals surface area contributed by atoms with Crippen LogP contribution in [0.5, 0.6) is 0 Å². The summed E-state index contributed by atoms with van der Waals surface area (Å²) in [5, 5.41) is 11.5. The van der Waals surface area contributed by atoms with E-state index >= 15 is 0 Å². The molecule has 2 N–H and O–H groups in total. The minimum Gasteiger partial charge on any atom is -0.480 e. The normalized spacial score (nSPS) is 13.7. The number of hydrogen-bond acceptors (Lipinski definition) is 3. The molecule has 0 spiro atoms. The van der Waals surface area contributed by atoms with Gasteiger partial charge in [-0.3, -0.25) is 4.79 Å². The predicted octanol–water partition coefficient (Wildman–Crippen LogP) is 0.389.